The smallest absolute Gasteiger partial charge is 0.258 e. The number of carbonyl (C=O) groups excluding carboxylic acids is 1. The van der Waals surface area contributed by atoms with E-state index in [1.54, 1.807) is 13.0 Å². The molecule has 1 aliphatic rings. The van der Waals surface area contributed by atoms with Crippen molar-refractivity contribution in [3.63, 3.8) is 0 Å². The maximum absolute atomic E-state index is 14.0. The zero-order valence-electron chi connectivity index (χ0n) is 17.5. The van der Waals surface area contributed by atoms with Gasteiger partial charge in [0.05, 0.1) is 22.8 Å². The van der Waals surface area contributed by atoms with E-state index >= 15 is 0 Å². The van der Waals surface area contributed by atoms with Crippen LogP contribution in [0.3, 0.4) is 0 Å². The van der Waals surface area contributed by atoms with Crippen LogP contribution in [0.25, 0.3) is 0 Å². The molecule has 166 valence electrons. The second-order valence-electron chi connectivity index (χ2n) is 7.38. The molecule has 1 amide bonds. The Morgan fingerprint density at radius 2 is 1.78 bits per heavy atom. The van der Waals surface area contributed by atoms with Gasteiger partial charge in [-0.15, -0.1) is 0 Å². The summed E-state index contributed by atoms with van der Waals surface area (Å²) in [6.07, 6.45) is 0.628. The van der Waals surface area contributed by atoms with Crippen molar-refractivity contribution in [2.75, 3.05) is 18.5 Å². The molecule has 0 spiro atoms. The van der Waals surface area contributed by atoms with E-state index in [9.17, 15) is 17.6 Å². The predicted octanol–water partition coefficient (Wildman–Crippen LogP) is 4.22. The third-order valence-electron chi connectivity index (χ3n) is 5.35. The Bertz CT molecular complexity index is 1260. The quantitative estimate of drug-likeness (QED) is 0.605. The van der Waals surface area contributed by atoms with Crippen LogP contribution in [-0.4, -0.2) is 31.8 Å². The molecular formula is C24H23FN2O4S. The Morgan fingerprint density at radius 1 is 1.06 bits per heavy atom. The van der Waals surface area contributed by atoms with Gasteiger partial charge in [-0.05, 0) is 54.8 Å². The SMILES string of the molecule is CCOc1ccc(S(=O)(=O)N2CCc3ccccc3C2)cc1NC(=O)c1ccccc1F. The summed E-state index contributed by atoms with van der Waals surface area (Å²) in [6, 6.07) is 17.7. The lowest BCUT2D eigenvalue weighted by atomic mass is 10.0. The molecule has 4 rings (SSSR count). The van der Waals surface area contributed by atoms with Crippen LogP contribution in [0.1, 0.15) is 28.4 Å². The number of benzene rings is 3. The number of amides is 1. The number of rotatable bonds is 6. The molecule has 0 aliphatic carbocycles. The molecule has 8 heteroatoms. The van der Waals surface area contributed by atoms with Gasteiger partial charge in [0.15, 0.2) is 0 Å². The van der Waals surface area contributed by atoms with E-state index in [2.05, 4.69) is 5.32 Å². The fourth-order valence-corrected chi connectivity index (χ4v) is 5.15. The van der Waals surface area contributed by atoms with Gasteiger partial charge in [0.2, 0.25) is 10.0 Å². The normalized spacial score (nSPS) is 13.9. The molecule has 0 unspecified atom stereocenters. The first kappa shape index (κ1) is 22.0. The van der Waals surface area contributed by atoms with E-state index in [1.807, 2.05) is 24.3 Å². The zero-order chi connectivity index (χ0) is 22.7. The number of nitrogens with zero attached hydrogens (tertiary/aromatic N) is 1. The van der Waals surface area contributed by atoms with E-state index in [-0.39, 0.29) is 22.7 Å². The lowest BCUT2D eigenvalue weighted by Gasteiger charge is -2.28. The molecule has 32 heavy (non-hydrogen) atoms. The Hall–Kier alpha value is -3.23. The summed E-state index contributed by atoms with van der Waals surface area (Å²) < 4.78 is 47.7. The Labute approximate surface area is 186 Å². The molecule has 0 saturated heterocycles. The van der Waals surface area contributed by atoms with Crippen molar-refractivity contribution < 1.29 is 22.3 Å². The molecule has 3 aromatic rings. The molecule has 0 bridgehead atoms. The van der Waals surface area contributed by atoms with Gasteiger partial charge in [-0.25, -0.2) is 12.8 Å². The van der Waals surface area contributed by atoms with E-state index < -0.39 is 21.7 Å². The molecule has 3 aromatic carbocycles. The van der Waals surface area contributed by atoms with Crippen molar-refractivity contribution in [2.45, 2.75) is 24.8 Å². The number of halogens is 1. The first-order chi connectivity index (χ1) is 15.4. The van der Waals surface area contributed by atoms with Gasteiger partial charge in [-0.2, -0.15) is 4.31 Å². The van der Waals surface area contributed by atoms with Crippen LogP contribution in [-0.2, 0) is 23.0 Å². The fourth-order valence-electron chi connectivity index (χ4n) is 3.71. The molecule has 0 radical (unpaired) electrons. The van der Waals surface area contributed by atoms with Crippen LogP contribution in [0.5, 0.6) is 5.75 Å². The standard InChI is InChI=1S/C24H23FN2O4S/c1-2-31-23-12-11-19(15-22(23)26-24(28)20-9-5-6-10-21(20)25)32(29,30)27-14-13-17-7-3-4-8-18(17)16-27/h3-12,15H,2,13-14,16H2,1H3,(H,26,28). The third kappa shape index (κ3) is 4.37. The van der Waals surface area contributed by atoms with Gasteiger partial charge in [0.1, 0.15) is 11.6 Å². The van der Waals surface area contributed by atoms with Crippen LogP contribution in [0.2, 0.25) is 0 Å². The van der Waals surface area contributed by atoms with Crippen LogP contribution in [0, 0.1) is 5.82 Å². The second-order valence-corrected chi connectivity index (χ2v) is 9.32. The summed E-state index contributed by atoms with van der Waals surface area (Å²) >= 11 is 0. The molecule has 6 nitrogen and oxygen atoms in total. The number of sulfonamides is 1. The highest BCUT2D eigenvalue weighted by Gasteiger charge is 2.29. The van der Waals surface area contributed by atoms with Crippen LogP contribution >= 0.6 is 0 Å². The van der Waals surface area contributed by atoms with E-state index in [1.165, 1.54) is 40.7 Å². The largest absolute Gasteiger partial charge is 0.492 e. The Kier molecular flexibility index (Phi) is 6.25. The summed E-state index contributed by atoms with van der Waals surface area (Å²) in [6.45, 7) is 2.74. The molecule has 1 heterocycles. The average molecular weight is 455 g/mol. The highest BCUT2D eigenvalue weighted by molar-refractivity contribution is 7.89. The van der Waals surface area contributed by atoms with Crippen molar-refractivity contribution in [3.05, 3.63) is 89.2 Å². The second kappa shape index (κ2) is 9.10. The highest BCUT2D eigenvalue weighted by atomic mass is 32.2. The van der Waals surface area contributed by atoms with Gasteiger partial charge in [-0.3, -0.25) is 4.79 Å². The summed E-state index contributed by atoms with van der Waals surface area (Å²) in [5, 5.41) is 2.60. The van der Waals surface area contributed by atoms with Crippen molar-refractivity contribution in [1.82, 2.24) is 4.31 Å². The predicted molar refractivity (Wildman–Crippen MR) is 120 cm³/mol. The lowest BCUT2D eigenvalue weighted by molar-refractivity contribution is 0.102. The molecule has 0 aromatic heterocycles. The van der Waals surface area contributed by atoms with Crippen LogP contribution in [0.15, 0.2) is 71.6 Å². The maximum Gasteiger partial charge on any atom is 0.258 e. The summed E-state index contributed by atoms with van der Waals surface area (Å²) in [4.78, 5) is 12.7. The van der Waals surface area contributed by atoms with Crippen LogP contribution < -0.4 is 10.1 Å². The molecular weight excluding hydrogens is 431 g/mol. The third-order valence-corrected chi connectivity index (χ3v) is 7.19. The highest BCUT2D eigenvalue weighted by Crippen LogP contribution is 2.31. The lowest BCUT2D eigenvalue weighted by Crippen LogP contribution is -2.36. The van der Waals surface area contributed by atoms with Crippen molar-refractivity contribution in [1.29, 1.82) is 0 Å². The minimum Gasteiger partial charge on any atom is -0.492 e. The minimum absolute atomic E-state index is 0.0316. The number of ether oxygens (including phenoxy) is 1. The zero-order valence-corrected chi connectivity index (χ0v) is 18.4. The topological polar surface area (TPSA) is 75.7 Å². The molecule has 1 aliphatic heterocycles. The number of hydrogen-bond donors (Lipinski definition) is 1. The van der Waals surface area contributed by atoms with E-state index in [4.69, 9.17) is 4.74 Å². The Balaban J connectivity index is 1.65. The number of nitrogens with one attached hydrogen (secondary N) is 1. The molecule has 0 saturated carbocycles. The van der Waals surface area contributed by atoms with Crippen LogP contribution in [0.4, 0.5) is 10.1 Å². The van der Waals surface area contributed by atoms with Gasteiger partial charge < -0.3 is 10.1 Å². The summed E-state index contributed by atoms with van der Waals surface area (Å²) in [5.41, 5.74) is 2.14. The van der Waals surface area contributed by atoms with E-state index in [0.717, 1.165) is 11.1 Å². The monoisotopic (exact) mass is 454 g/mol. The first-order valence-corrected chi connectivity index (χ1v) is 11.7. The van der Waals surface area contributed by atoms with Crippen molar-refractivity contribution in [2.24, 2.45) is 0 Å². The molecule has 0 fully saturated rings. The van der Waals surface area contributed by atoms with Crippen molar-refractivity contribution >= 4 is 21.6 Å². The van der Waals surface area contributed by atoms with Gasteiger partial charge in [0.25, 0.3) is 5.91 Å². The maximum atomic E-state index is 14.0. The molecule has 0 atom stereocenters. The minimum atomic E-state index is -3.82. The summed E-state index contributed by atoms with van der Waals surface area (Å²) in [5.74, 6) is -1.05. The summed E-state index contributed by atoms with van der Waals surface area (Å²) in [7, 11) is -3.82. The molecule has 1 N–H and O–H groups in total. The van der Waals surface area contributed by atoms with E-state index in [0.29, 0.717) is 25.3 Å². The average Bonchev–Trinajstić information content (AvgIpc) is 2.80. The fraction of sp³-hybridized carbons (Fsp3) is 0.208. The number of fused-ring (bicyclic) bond motifs is 1. The number of hydrogen-bond acceptors (Lipinski definition) is 4. The van der Waals surface area contributed by atoms with Gasteiger partial charge in [-0.1, -0.05) is 36.4 Å². The Morgan fingerprint density at radius 3 is 2.53 bits per heavy atom. The first-order valence-electron chi connectivity index (χ1n) is 10.3. The van der Waals surface area contributed by atoms with Crippen molar-refractivity contribution in [3.8, 4) is 5.75 Å². The number of carbonyl (C=O) groups is 1. The van der Waals surface area contributed by atoms with Gasteiger partial charge in [0, 0.05) is 13.1 Å². The van der Waals surface area contributed by atoms with Gasteiger partial charge >= 0.3 is 0 Å². The number of anilines is 1.